The normalized spacial score (nSPS) is 14.0. The summed E-state index contributed by atoms with van der Waals surface area (Å²) in [5, 5.41) is 0.480. The molecule has 0 fully saturated rings. The molecule has 0 aliphatic heterocycles. The van der Waals surface area contributed by atoms with Gasteiger partial charge < -0.3 is 5.73 Å². The van der Waals surface area contributed by atoms with E-state index in [1.54, 1.807) is 13.1 Å². The van der Waals surface area contributed by atoms with E-state index in [2.05, 4.69) is 15.9 Å². The Kier molecular flexibility index (Phi) is 6.47. The first-order chi connectivity index (χ1) is 9.16. The first-order valence-corrected chi connectivity index (χ1v) is 8.94. The number of sulfonamides is 1. The molecule has 1 atom stereocenters. The van der Waals surface area contributed by atoms with Crippen LogP contribution in [0.3, 0.4) is 0 Å². The van der Waals surface area contributed by atoms with Gasteiger partial charge in [-0.25, -0.2) is 12.7 Å². The van der Waals surface area contributed by atoms with E-state index in [4.69, 9.17) is 17.3 Å². The zero-order valence-electron chi connectivity index (χ0n) is 11.8. The first kappa shape index (κ1) is 17.9. The summed E-state index contributed by atoms with van der Waals surface area (Å²) in [6.07, 6.45) is 0.627. The zero-order valence-corrected chi connectivity index (χ0v) is 15.0. The van der Waals surface area contributed by atoms with Crippen LogP contribution in [-0.4, -0.2) is 32.4 Å². The predicted octanol–water partition coefficient (Wildman–Crippen LogP) is 3.10. The molecule has 0 bridgehead atoms. The molecule has 114 valence electrons. The van der Waals surface area contributed by atoms with Gasteiger partial charge in [0, 0.05) is 24.1 Å². The second-order valence-corrected chi connectivity index (χ2v) is 8.41. The van der Waals surface area contributed by atoms with Crippen LogP contribution in [-0.2, 0) is 10.0 Å². The molecule has 1 aromatic carbocycles. The Bertz CT molecular complexity index is 563. The Labute approximate surface area is 134 Å². The van der Waals surface area contributed by atoms with Crippen molar-refractivity contribution in [1.29, 1.82) is 0 Å². The monoisotopic (exact) mass is 382 g/mol. The molecule has 0 aliphatic rings. The number of nitrogens with two attached hydrogens (primary N) is 1. The largest absolute Gasteiger partial charge is 0.327 e. The Morgan fingerprint density at radius 3 is 2.50 bits per heavy atom. The number of benzene rings is 1. The fourth-order valence-corrected chi connectivity index (χ4v) is 3.46. The molecule has 0 radical (unpaired) electrons. The van der Waals surface area contributed by atoms with Crippen molar-refractivity contribution in [3.8, 4) is 0 Å². The van der Waals surface area contributed by atoms with Crippen LogP contribution in [0.5, 0.6) is 0 Å². The second-order valence-electron chi connectivity index (χ2n) is 5.10. The fourth-order valence-electron chi connectivity index (χ4n) is 1.60. The molecule has 1 rings (SSSR count). The molecule has 20 heavy (non-hydrogen) atoms. The summed E-state index contributed by atoms with van der Waals surface area (Å²) in [6, 6.07) is 4.56. The highest BCUT2D eigenvalue weighted by Crippen LogP contribution is 2.26. The van der Waals surface area contributed by atoms with Crippen LogP contribution in [0.1, 0.15) is 20.3 Å². The fraction of sp³-hybridized carbons (Fsp3) is 0.538. The van der Waals surface area contributed by atoms with Gasteiger partial charge in [-0.15, -0.1) is 0 Å². The molecule has 1 unspecified atom stereocenters. The highest BCUT2D eigenvalue weighted by Gasteiger charge is 2.22. The van der Waals surface area contributed by atoms with Crippen molar-refractivity contribution < 1.29 is 8.42 Å². The lowest BCUT2D eigenvalue weighted by Gasteiger charge is -2.21. The molecule has 0 saturated carbocycles. The lowest BCUT2D eigenvalue weighted by molar-refractivity contribution is 0.397. The minimum atomic E-state index is -3.51. The van der Waals surface area contributed by atoms with Gasteiger partial charge in [0.15, 0.2) is 0 Å². The third-order valence-electron chi connectivity index (χ3n) is 3.23. The summed E-state index contributed by atoms with van der Waals surface area (Å²) in [5.41, 5.74) is 5.94. The molecule has 0 saturated heterocycles. The van der Waals surface area contributed by atoms with Crippen molar-refractivity contribution >= 4 is 37.6 Å². The molecule has 7 heteroatoms. The van der Waals surface area contributed by atoms with Crippen molar-refractivity contribution in [2.45, 2.75) is 31.2 Å². The van der Waals surface area contributed by atoms with Crippen LogP contribution in [0.15, 0.2) is 27.6 Å². The first-order valence-electron chi connectivity index (χ1n) is 6.33. The Balaban J connectivity index is 2.84. The van der Waals surface area contributed by atoms with Gasteiger partial charge in [0.1, 0.15) is 0 Å². The van der Waals surface area contributed by atoms with Gasteiger partial charge in [0.2, 0.25) is 10.0 Å². The van der Waals surface area contributed by atoms with Gasteiger partial charge in [-0.1, -0.05) is 25.4 Å². The van der Waals surface area contributed by atoms with E-state index in [9.17, 15) is 8.42 Å². The van der Waals surface area contributed by atoms with Gasteiger partial charge in [0.25, 0.3) is 0 Å². The highest BCUT2D eigenvalue weighted by molar-refractivity contribution is 9.10. The Morgan fingerprint density at radius 2 is 2.00 bits per heavy atom. The number of hydrogen-bond acceptors (Lipinski definition) is 3. The molecule has 2 N–H and O–H groups in total. The SMILES string of the molecule is CC(C)C(N)CCN(C)S(=O)(=O)c1ccc(Cl)c(Br)c1. The minimum Gasteiger partial charge on any atom is -0.327 e. The Hall–Kier alpha value is -0.140. The third kappa shape index (κ3) is 4.43. The molecule has 0 aromatic heterocycles. The van der Waals surface area contributed by atoms with Crippen molar-refractivity contribution in [2.24, 2.45) is 11.7 Å². The average Bonchev–Trinajstić information content (AvgIpc) is 2.38. The molecular weight excluding hydrogens is 364 g/mol. The van der Waals surface area contributed by atoms with Crippen molar-refractivity contribution in [3.05, 3.63) is 27.7 Å². The topological polar surface area (TPSA) is 63.4 Å². The molecule has 0 spiro atoms. The molecule has 0 amide bonds. The summed E-state index contributed by atoms with van der Waals surface area (Å²) < 4.78 is 26.7. The quantitative estimate of drug-likeness (QED) is 0.821. The maximum absolute atomic E-state index is 12.4. The predicted molar refractivity (Wildman–Crippen MR) is 86.4 cm³/mol. The number of hydrogen-bond donors (Lipinski definition) is 1. The van der Waals surface area contributed by atoms with E-state index in [0.717, 1.165) is 0 Å². The van der Waals surface area contributed by atoms with Crippen LogP contribution < -0.4 is 5.73 Å². The van der Waals surface area contributed by atoms with Crippen LogP contribution >= 0.6 is 27.5 Å². The minimum absolute atomic E-state index is 0.00963. The van der Waals surface area contributed by atoms with E-state index in [1.807, 2.05) is 13.8 Å². The summed E-state index contributed by atoms with van der Waals surface area (Å²) >= 11 is 9.11. The van der Waals surface area contributed by atoms with E-state index in [-0.39, 0.29) is 10.9 Å². The number of nitrogens with zero attached hydrogens (tertiary/aromatic N) is 1. The summed E-state index contributed by atoms with van der Waals surface area (Å²) in [5.74, 6) is 0.329. The molecule has 0 aliphatic carbocycles. The average molecular weight is 384 g/mol. The summed E-state index contributed by atoms with van der Waals surface area (Å²) in [6.45, 7) is 4.44. The van der Waals surface area contributed by atoms with E-state index in [1.165, 1.54) is 16.4 Å². The van der Waals surface area contributed by atoms with Crippen molar-refractivity contribution in [2.75, 3.05) is 13.6 Å². The lowest BCUT2D eigenvalue weighted by Crippen LogP contribution is -2.34. The van der Waals surface area contributed by atoms with Crippen molar-refractivity contribution in [1.82, 2.24) is 4.31 Å². The summed E-state index contributed by atoms with van der Waals surface area (Å²) in [4.78, 5) is 0.217. The van der Waals surface area contributed by atoms with Crippen LogP contribution in [0.25, 0.3) is 0 Å². The third-order valence-corrected chi connectivity index (χ3v) is 6.30. The summed E-state index contributed by atoms with van der Waals surface area (Å²) in [7, 11) is -1.95. The zero-order chi connectivity index (χ0) is 15.5. The maximum atomic E-state index is 12.4. The molecular formula is C13H20BrClN2O2S. The van der Waals surface area contributed by atoms with E-state index in [0.29, 0.717) is 28.4 Å². The number of rotatable bonds is 6. The molecule has 0 heterocycles. The van der Waals surface area contributed by atoms with Crippen LogP contribution in [0.2, 0.25) is 5.02 Å². The second kappa shape index (κ2) is 7.22. The highest BCUT2D eigenvalue weighted by atomic mass is 79.9. The van der Waals surface area contributed by atoms with Crippen LogP contribution in [0, 0.1) is 5.92 Å². The van der Waals surface area contributed by atoms with Gasteiger partial charge in [0.05, 0.1) is 9.92 Å². The van der Waals surface area contributed by atoms with Gasteiger partial charge >= 0.3 is 0 Å². The van der Waals surface area contributed by atoms with Gasteiger partial charge in [-0.05, 0) is 46.5 Å². The number of halogens is 2. The van der Waals surface area contributed by atoms with E-state index >= 15 is 0 Å². The van der Waals surface area contributed by atoms with Gasteiger partial charge in [-0.3, -0.25) is 0 Å². The maximum Gasteiger partial charge on any atom is 0.242 e. The van der Waals surface area contributed by atoms with Gasteiger partial charge in [-0.2, -0.15) is 0 Å². The van der Waals surface area contributed by atoms with E-state index < -0.39 is 10.0 Å². The molecule has 4 nitrogen and oxygen atoms in total. The standard InChI is InChI=1S/C13H20BrClN2O2S/c1-9(2)13(16)6-7-17(3)20(18,19)10-4-5-12(15)11(14)8-10/h4-5,8-9,13H,6-7,16H2,1-3H3. The Morgan fingerprint density at radius 1 is 1.40 bits per heavy atom. The molecule has 1 aromatic rings. The smallest absolute Gasteiger partial charge is 0.242 e. The van der Waals surface area contributed by atoms with Crippen molar-refractivity contribution in [3.63, 3.8) is 0 Å². The lowest BCUT2D eigenvalue weighted by atomic mass is 10.0. The van der Waals surface area contributed by atoms with Crippen LogP contribution in [0.4, 0.5) is 0 Å².